The van der Waals surface area contributed by atoms with Crippen molar-refractivity contribution in [2.24, 2.45) is 0 Å². The van der Waals surface area contributed by atoms with E-state index in [4.69, 9.17) is 25.8 Å². The van der Waals surface area contributed by atoms with E-state index in [9.17, 15) is 9.59 Å². The number of carbonyl (C=O) groups is 2. The Balaban J connectivity index is 1.48. The Bertz CT molecular complexity index is 796. The molecule has 0 saturated carbocycles. The zero-order valence-electron chi connectivity index (χ0n) is 13.9. The molecule has 2 N–H and O–H groups in total. The van der Waals surface area contributed by atoms with E-state index in [1.807, 2.05) is 6.07 Å². The summed E-state index contributed by atoms with van der Waals surface area (Å²) in [7, 11) is 0. The zero-order chi connectivity index (χ0) is 18.5. The summed E-state index contributed by atoms with van der Waals surface area (Å²) >= 11 is 5.80. The minimum Gasteiger partial charge on any atom is -0.485 e. The summed E-state index contributed by atoms with van der Waals surface area (Å²) < 4.78 is 16.5. The topological polar surface area (TPSA) is 85.9 Å². The van der Waals surface area contributed by atoms with Gasteiger partial charge in [0.1, 0.15) is 12.4 Å². The number of carbonyl (C=O) groups excluding carboxylic acids is 2. The molecule has 3 rings (SSSR count). The summed E-state index contributed by atoms with van der Waals surface area (Å²) in [5, 5.41) is 0.568. The van der Waals surface area contributed by atoms with Gasteiger partial charge in [0.2, 0.25) is 6.10 Å². The van der Waals surface area contributed by atoms with Crippen molar-refractivity contribution >= 4 is 23.4 Å². The summed E-state index contributed by atoms with van der Waals surface area (Å²) in [5.41, 5.74) is 4.62. The van der Waals surface area contributed by atoms with Crippen LogP contribution in [0.2, 0.25) is 5.02 Å². The highest BCUT2D eigenvalue weighted by Gasteiger charge is 2.28. The summed E-state index contributed by atoms with van der Waals surface area (Å²) in [4.78, 5) is 24.2. The molecule has 0 radical (unpaired) electrons. The van der Waals surface area contributed by atoms with Crippen LogP contribution in [0.1, 0.15) is 6.92 Å². The van der Waals surface area contributed by atoms with E-state index in [0.717, 1.165) is 0 Å². The lowest BCUT2D eigenvalue weighted by atomic mass is 10.2. The molecular weight excluding hydrogens is 360 g/mol. The van der Waals surface area contributed by atoms with Crippen LogP contribution in [0.3, 0.4) is 0 Å². The second kappa shape index (κ2) is 7.97. The van der Waals surface area contributed by atoms with Crippen molar-refractivity contribution in [2.45, 2.75) is 19.1 Å². The molecule has 2 aromatic carbocycles. The number of hydrogen-bond donors (Lipinski definition) is 2. The molecule has 1 heterocycles. The van der Waals surface area contributed by atoms with Crippen LogP contribution in [0.15, 0.2) is 48.5 Å². The van der Waals surface area contributed by atoms with E-state index in [-0.39, 0.29) is 6.61 Å². The van der Waals surface area contributed by atoms with Gasteiger partial charge in [0, 0.05) is 5.02 Å². The van der Waals surface area contributed by atoms with Crippen molar-refractivity contribution in [3.8, 4) is 17.2 Å². The number of rotatable bonds is 4. The summed E-state index contributed by atoms with van der Waals surface area (Å²) in [6.45, 7) is 1.61. The smallest absolute Gasteiger partial charge is 0.283 e. The van der Waals surface area contributed by atoms with Crippen molar-refractivity contribution in [1.29, 1.82) is 0 Å². The van der Waals surface area contributed by atoms with Gasteiger partial charge in [-0.25, -0.2) is 0 Å². The van der Waals surface area contributed by atoms with Crippen LogP contribution in [-0.4, -0.2) is 30.6 Å². The van der Waals surface area contributed by atoms with Gasteiger partial charge >= 0.3 is 0 Å². The Kier molecular flexibility index (Phi) is 5.48. The van der Waals surface area contributed by atoms with Crippen LogP contribution in [0, 0.1) is 0 Å². The molecule has 8 heteroatoms. The summed E-state index contributed by atoms with van der Waals surface area (Å²) in [5.74, 6) is 0.510. The summed E-state index contributed by atoms with van der Waals surface area (Å²) in [6.07, 6.45) is -1.68. The van der Waals surface area contributed by atoms with Gasteiger partial charge in [0.05, 0.1) is 0 Å². The van der Waals surface area contributed by atoms with Gasteiger partial charge < -0.3 is 14.2 Å². The van der Waals surface area contributed by atoms with E-state index in [1.54, 1.807) is 49.4 Å². The van der Waals surface area contributed by atoms with Gasteiger partial charge in [-0.3, -0.25) is 20.4 Å². The highest BCUT2D eigenvalue weighted by atomic mass is 35.5. The van der Waals surface area contributed by atoms with Gasteiger partial charge in [-0.2, -0.15) is 0 Å². The predicted octanol–water partition coefficient (Wildman–Crippen LogP) is 2.09. The molecule has 0 aromatic heterocycles. The first kappa shape index (κ1) is 17.9. The lowest BCUT2D eigenvalue weighted by molar-refractivity contribution is -0.137. The Hall–Kier alpha value is -2.93. The number of hydrogen-bond acceptors (Lipinski definition) is 5. The van der Waals surface area contributed by atoms with Crippen molar-refractivity contribution in [2.75, 3.05) is 6.61 Å². The fourth-order valence-corrected chi connectivity index (χ4v) is 2.35. The average Bonchev–Trinajstić information content (AvgIpc) is 2.67. The minimum absolute atomic E-state index is 0.0511. The quantitative estimate of drug-likeness (QED) is 0.798. The second-order valence-corrected chi connectivity index (χ2v) is 5.99. The van der Waals surface area contributed by atoms with Gasteiger partial charge in [0.15, 0.2) is 17.6 Å². The molecule has 0 saturated heterocycles. The predicted molar refractivity (Wildman–Crippen MR) is 94.2 cm³/mol. The largest absolute Gasteiger partial charge is 0.485 e. The Morgan fingerprint density at radius 3 is 2.54 bits per heavy atom. The van der Waals surface area contributed by atoms with E-state index in [1.165, 1.54) is 0 Å². The van der Waals surface area contributed by atoms with Gasteiger partial charge in [-0.15, -0.1) is 0 Å². The molecular formula is C18H17ClN2O5. The average molecular weight is 377 g/mol. The molecule has 136 valence electrons. The lowest BCUT2D eigenvalue weighted by Crippen LogP contribution is -2.53. The van der Waals surface area contributed by atoms with Crippen LogP contribution >= 0.6 is 11.6 Å². The third-order valence-corrected chi connectivity index (χ3v) is 3.86. The highest BCUT2D eigenvalue weighted by Crippen LogP contribution is 2.30. The number of amides is 2. The second-order valence-electron chi connectivity index (χ2n) is 5.56. The number of hydrazine groups is 1. The Labute approximate surface area is 155 Å². The molecule has 1 aliphatic rings. The molecule has 2 aromatic rings. The van der Waals surface area contributed by atoms with Crippen molar-refractivity contribution in [3.63, 3.8) is 0 Å². The normalized spacial score (nSPS) is 16.3. The van der Waals surface area contributed by atoms with E-state index >= 15 is 0 Å². The molecule has 2 amide bonds. The van der Waals surface area contributed by atoms with Crippen LogP contribution in [0.4, 0.5) is 0 Å². The summed E-state index contributed by atoms with van der Waals surface area (Å²) in [6, 6.07) is 13.6. The fraction of sp³-hybridized carbons (Fsp3) is 0.222. The zero-order valence-corrected chi connectivity index (χ0v) is 14.7. The minimum atomic E-state index is -0.863. The van der Waals surface area contributed by atoms with Crippen molar-refractivity contribution in [1.82, 2.24) is 10.9 Å². The maximum absolute atomic E-state index is 12.1. The van der Waals surface area contributed by atoms with Crippen LogP contribution in [0.25, 0.3) is 0 Å². The molecule has 0 aliphatic carbocycles. The molecule has 7 nitrogen and oxygen atoms in total. The molecule has 0 spiro atoms. The maximum Gasteiger partial charge on any atom is 0.283 e. The number of nitrogens with one attached hydrogen (secondary N) is 2. The number of halogens is 1. The number of para-hydroxylation sites is 2. The van der Waals surface area contributed by atoms with E-state index < -0.39 is 24.0 Å². The van der Waals surface area contributed by atoms with E-state index in [0.29, 0.717) is 22.3 Å². The third-order valence-electron chi connectivity index (χ3n) is 3.61. The number of benzene rings is 2. The standard InChI is InChI=1S/C18H17ClN2O5/c1-11(25-13-8-6-12(19)7-9-13)17(22)20-21-18(23)16-10-24-14-4-2-3-5-15(14)26-16/h2-9,11,16H,10H2,1H3,(H,20,22)(H,21,23)/t11-,16-/m0/s1. The molecule has 1 aliphatic heterocycles. The van der Waals surface area contributed by atoms with Crippen molar-refractivity contribution < 1.29 is 23.8 Å². The van der Waals surface area contributed by atoms with Crippen LogP contribution in [-0.2, 0) is 9.59 Å². The lowest BCUT2D eigenvalue weighted by Gasteiger charge is -2.25. The Morgan fingerprint density at radius 1 is 1.12 bits per heavy atom. The van der Waals surface area contributed by atoms with Crippen LogP contribution in [0.5, 0.6) is 17.2 Å². The molecule has 0 bridgehead atoms. The SMILES string of the molecule is C[C@H](Oc1ccc(Cl)cc1)C(=O)NNC(=O)[C@@H]1COc2ccccc2O1. The Morgan fingerprint density at radius 2 is 1.81 bits per heavy atom. The first-order valence-electron chi connectivity index (χ1n) is 7.93. The van der Waals surface area contributed by atoms with Crippen LogP contribution < -0.4 is 25.1 Å². The third kappa shape index (κ3) is 4.37. The molecule has 0 fully saturated rings. The van der Waals surface area contributed by atoms with Gasteiger partial charge in [0.25, 0.3) is 11.8 Å². The molecule has 2 atom stereocenters. The molecule has 26 heavy (non-hydrogen) atoms. The van der Waals surface area contributed by atoms with E-state index in [2.05, 4.69) is 10.9 Å². The molecule has 0 unspecified atom stereocenters. The maximum atomic E-state index is 12.1. The van der Waals surface area contributed by atoms with Gasteiger partial charge in [-0.05, 0) is 43.3 Å². The monoisotopic (exact) mass is 376 g/mol. The first-order chi connectivity index (χ1) is 12.5. The number of ether oxygens (including phenoxy) is 3. The highest BCUT2D eigenvalue weighted by molar-refractivity contribution is 6.30. The van der Waals surface area contributed by atoms with Gasteiger partial charge in [-0.1, -0.05) is 23.7 Å². The fourth-order valence-electron chi connectivity index (χ4n) is 2.22. The first-order valence-corrected chi connectivity index (χ1v) is 8.31. The van der Waals surface area contributed by atoms with Crippen molar-refractivity contribution in [3.05, 3.63) is 53.6 Å². The number of fused-ring (bicyclic) bond motifs is 1.